The van der Waals surface area contributed by atoms with Gasteiger partial charge in [0.2, 0.25) is 0 Å². The van der Waals surface area contributed by atoms with Gasteiger partial charge in [0.05, 0.1) is 27.7 Å². The SMILES string of the molecule is Cc1cccc(C2=NN(S(=O)(=O)c3ccccc3)[C@@H](c3cccc4nccnc34)C2)c1. The van der Waals surface area contributed by atoms with Gasteiger partial charge < -0.3 is 0 Å². The highest BCUT2D eigenvalue weighted by atomic mass is 32.2. The number of benzene rings is 3. The van der Waals surface area contributed by atoms with E-state index in [2.05, 4.69) is 15.1 Å². The Labute approximate surface area is 181 Å². The normalized spacial score (nSPS) is 16.5. The summed E-state index contributed by atoms with van der Waals surface area (Å²) in [5.41, 5.74) is 4.94. The van der Waals surface area contributed by atoms with Gasteiger partial charge in [0.25, 0.3) is 10.0 Å². The number of nitrogens with zero attached hydrogens (tertiary/aromatic N) is 4. The quantitative estimate of drug-likeness (QED) is 0.480. The molecule has 0 amide bonds. The van der Waals surface area contributed by atoms with E-state index in [-0.39, 0.29) is 4.90 Å². The fraction of sp³-hybridized carbons (Fsp3) is 0.125. The van der Waals surface area contributed by atoms with E-state index in [4.69, 9.17) is 0 Å². The molecule has 1 atom stereocenters. The van der Waals surface area contributed by atoms with Crippen molar-refractivity contribution in [2.45, 2.75) is 24.3 Å². The predicted octanol–water partition coefficient (Wildman–Crippen LogP) is 4.48. The highest BCUT2D eigenvalue weighted by molar-refractivity contribution is 7.89. The van der Waals surface area contributed by atoms with Gasteiger partial charge in [-0.15, -0.1) is 0 Å². The van der Waals surface area contributed by atoms with Crippen LogP contribution in [0.1, 0.15) is 29.2 Å². The summed E-state index contributed by atoms with van der Waals surface area (Å²) in [5.74, 6) is 0. The Bertz CT molecular complexity index is 1400. The number of aromatic nitrogens is 2. The predicted molar refractivity (Wildman–Crippen MR) is 120 cm³/mol. The zero-order valence-corrected chi connectivity index (χ0v) is 17.7. The first-order valence-electron chi connectivity index (χ1n) is 9.98. The Balaban J connectivity index is 1.68. The summed E-state index contributed by atoms with van der Waals surface area (Å²) in [6.45, 7) is 2.01. The van der Waals surface area contributed by atoms with Crippen LogP contribution in [-0.4, -0.2) is 28.5 Å². The van der Waals surface area contributed by atoms with Crippen molar-refractivity contribution >= 4 is 26.8 Å². The summed E-state index contributed by atoms with van der Waals surface area (Å²) < 4.78 is 28.4. The Morgan fingerprint density at radius 2 is 1.68 bits per heavy atom. The first kappa shape index (κ1) is 19.4. The smallest absolute Gasteiger partial charge is 0.253 e. The van der Waals surface area contributed by atoms with Crippen LogP contribution in [0, 0.1) is 6.92 Å². The second kappa shape index (κ2) is 7.59. The van der Waals surface area contributed by atoms with Gasteiger partial charge in [-0.05, 0) is 30.7 Å². The van der Waals surface area contributed by atoms with Gasteiger partial charge in [0.1, 0.15) is 0 Å². The minimum atomic E-state index is -3.86. The maximum atomic E-state index is 13.6. The Morgan fingerprint density at radius 3 is 2.48 bits per heavy atom. The molecule has 0 bridgehead atoms. The van der Waals surface area contributed by atoms with E-state index in [1.807, 2.05) is 49.4 Å². The molecule has 1 aromatic heterocycles. The molecule has 6 nitrogen and oxygen atoms in total. The van der Waals surface area contributed by atoms with Crippen LogP contribution in [0.25, 0.3) is 11.0 Å². The van der Waals surface area contributed by atoms with Crippen LogP contribution < -0.4 is 0 Å². The fourth-order valence-corrected chi connectivity index (χ4v) is 5.37. The van der Waals surface area contributed by atoms with Gasteiger partial charge in [0.15, 0.2) is 0 Å². The van der Waals surface area contributed by atoms with Crippen LogP contribution in [-0.2, 0) is 10.0 Å². The first-order valence-corrected chi connectivity index (χ1v) is 11.4. The molecule has 0 aliphatic carbocycles. The third-order valence-corrected chi connectivity index (χ3v) is 7.10. The summed E-state index contributed by atoms with van der Waals surface area (Å²) in [7, 11) is -3.86. The number of hydrogen-bond donors (Lipinski definition) is 0. The monoisotopic (exact) mass is 428 g/mol. The fourth-order valence-electron chi connectivity index (χ4n) is 3.93. The molecule has 0 fully saturated rings. The molecule has 0 saturated heterocycles. The molecule has 0 radical (unpaired) electrons. The topological polar surface area (TPSA) is 75.5 Å². The number of hydrogen-bond acceptors (Lipinski definition) is 5. The molecule has 4 aromatic rings. The van der Waals surface area contributed by atoms with Crippen LogP contribution in [0.4, 0.5) is 0 Å². The van der Waals surface area contributed by atoms with E-state index in [1.165, 1.54) is 4.41 Å². The van der Waals surface area contributed by atoms with E-state index < -0.39 is 16.1 Å². The molecular weight excluding hydrogens is 408 g/mol. The van der Waals surface area contributed by atoms with Crippen molar-refractivity contribution in [2.75, 3.05) is 0 Å². The van der Waals surface area contributed by atoms with Gasteiger partial charge in [0, 0.05) is 24.4 Å². The van der Waals surface area contributed by atoms with Gasteiger partial charge in [-0.2, -0.15) is 17.9 Å². The summed E-state index contributed by atoms with van der Waals surface area (Å²) in [6, 6.07) is 21.5. The number of fused-ring (bicyclic) bond motifs is 1. The molecule has 31 heavy (non-hydrogen) atoms. The summed E-state index contributed by atoms with van der Waals surface area (Å²) >= 11 is 0. The Morgan fingerprint density at radius 1 is 0.903 bits per heavy atom. The van der Waals surface area contributed by atoms with Crippen LogP contribution >= 0.6 is 0 Å². The lowest BCUT2D eigenvalue weighted by Crippen LogP contribution is -2.27. The minimum absolute atomic E-state index is 0.209. The van der Waals surface area contributed by atoms with Gasteiger partial charge in [-0.1, -0.05) is 60.2 Å². The average molecular weight is 429 g/mol. The van der Waals surface area contributed by atoms with Crippen molar-refractivity contribution in [3.05, 3.63) is 102 Å². The lowest BCUT2D eigenvalue weighted by atomic mass is 9.97. The van der Waals surface area contributed by atoms with Crippen molar-refractivity contribution in [1.29, 1.82) is 0 Å². The van der Waals surface area contributed by atoms with Gasteiger partial charge >= 0.3 is 0 Å². The standard InChI is InChI=1S/C24H20N4O2S/c1-17-7-5-8-18(15-17)22-16-23(20-11-6-12-21-24(20)26-14-13-25-21)28(27-22)31(29,30)19-9-3-2-4-10-19/h2-15,23H,16H2,1H3/t23-/m1/s1. The van der Waals surface area contributed by atoms with E-state index in [9.17, 15) is 8.42 Å². The van der Waals surface area contributed by atoms with Gasteiger partial charge in [-0.25, -0.2) is 0 Å². The molecule has 3 aromatic carbocycles. The molecule has 0 N–H and O–H groups in total. The second-order valence-electron chi connectivity index (χ2n) is 7.50. The lowest BCUT2D eigenvalue weighted by molar-refractivity contribution is 0.373. The van der Waals surface area contributed by atoms with E-state index >= 15 is 0 Å². The zero-order chi connectivity index (χ0) is 21.4. The summed E-state index contributed by atoms with van der Waals surface area (Å²) in [4.78, 5) is 9.08. The number of para-hydroxylation sites is 1. The van der Waals surface area contributed by atoms with Crippen molar-refractivity contribution in [1.82, 2.24) is 14.4 Å². The maximum Gasteiger partial charge on any atom is 0.279 e. The van der Waals surface area contributed by atoms with Crippen molar-refractivity contribution in [3.8, 4) is 0 Å². The van der Waals surface area contributed by atoms with E-state index in [1.54, 1.807) is 42.7 Å². The molecule has 0 spiro atoms. The molecule has 2 heterocycles. The summed E-state index contributed by atoms with van der Waals surface area (Å²) in [5, 5.41) is 4.63. The molecular formula is C24H20N4O2S. The van der Waals surface area contributed by atoms with Crippen molar-refractivity contribution < 1.29 is 8.42 Å². The lowest BCUT2D eigenvalue weighted by Gasteiger charge is -2.24. The number of rotatable bonds is 4. The van der Waals surface area contributed by atoms with Gasteiger partial charge in [-0.3, -0.25) is 9.97 Å². The Kier molecular flexibility index (Phi) is 4.75. The first-order chi connectivity index (χ1) is 15.0. The average Bonchev–Trinajstić information content (AvgIpc) is 3.26. The van der Waals surface area contributed by atoms with E-state index in [0.29, 0.717) is 11.9 Å². The number of aryl methyl sites for hydroxylation is 1. The second-order valence-corrected chi connectivity index (χ2v) is 9.29. The third-order valence-electron chi connectivity index (χ3n) is 5.40. The van der Waals surface area contributed by atoms with Crippen LogP contribution in [0.5, 0.6) is 0 Å². The van der Waals surface area contributed by atoms with Crippen LogP contribution in [0.2, 0.25) is 0 Å². The van der Waals surface area contributed by atoms with Crippen molar-refractivity contribution in [2.24, 2.45) is 5.10 Å². The molecule has 0 unspecified atom stereocenters. The molecule has 7 heteroatoms. The highest BCUT2D eigenvalue weighted by Gasteiger charge is 2.38. The molecule has 1 aliphatic rings. The molecule has 1 aliphatic heterocycles. The minimum Gasteiger partial charge on any atom is -0.253 e. The largest absolute Gasteiger partial charge is 0.279 e. The number of sulfonamides is 1. The van der Waals surface area contributed by atoms with E-state index in [0.717, 1.165) is 27.9 Å². The Hall–Kier alpha value is -3.58. The molecule has 5 rings (SSSR count). The zero-order valence-electron chi connectivity index (χ0n) is 16.9. The molecule has 0 saturated carbocycles. The third kappa shape index (κ3) is 3.47. The van der Waals surface area contributed by atoms with Crippen molar-refractivity contribution in [3.63, 3.8) is 0 Å². The van der Waals surface area contributed by atoms with Crippen LogP contribution in [0.3, 0.4) is 0 Å². The summed E-state index contributed by atoms with van der Waals surface area (Å²) in [6.07, 6.45) is 3.71. The maximum absolute atomic E-state index is 13.6. The highest BCUT2D eigenvalue weighted by Crippen LogP contribution is 2.39. The molecule has 154 valence electrons. The number of hydrazone groups is 1. The van der Waals surface area contributed by atoms with Crippen LogP contribution in [0.15, 0.2) is 95.2 Å².